The molecule has 1 saturated heterocycles. The van der Waals surface area contributed by atoms with E-state index in [1.54, 1.807) is 20.0 Å². The van der Waals surface area contributed by atoms with Gasteiger partial charge in [-0.15, -0.1) is 0 Å². The normalized spacial score (nSPS) is 15.3. The summed E-state index contributed by atoms with van der Waals surface area (Å²) in [5.41, 5.74) is 0.563. The molecule has 0 amide bonds. The topological polar surface area (TPSA) is 68.6 Å². The smallest absolute Gasteiger partial charge is 0.416 e. The molecule has 0 spiro atoms. The van der Waals surface area contributed by atoms with Crippen LogP contribution >= 0.6 is 0 Å². The maximum Gasteiger partial charge on any atom is 0.416 e. The van der Waals surface area contributed by atoms with E-state index in [2.05, 4.69) is 0 Å². The first-order valence-electron chi connectivity index (χ1n) is 10.1. The molecule has 1 aliphatic rings. The van der Waals surface area contributed by atoms with Gasteiger partial charge in [-0.1, -0.05) is 24.3 Å². The highest BCUT2D eigenvalue weighted by Gasteiger charge is 2.38. The van der Waals surface area contributed by atoms with Crippen LogP contribution in [-0.2, 0) is 23.2 Å². The van der Waals surface area contributed by atoms with Gasteiger partial charge in [-0.25, -0.2) is 8.42 Å². The fourth-order valence-electron chi connectivity index (χ4n) is 3.51. The van der Waals surface area contributed by atoms with Gasteiger partial charge in [-0.2, -0.15) is 17.5 Å². The van der Waals surface area contributed by atoms with E-state index in [1.165, 1.54) is 51.3 Å². The Labute approximate surface area is 188 Å². The minimum absolute atomic E-state index is 0.0427. The molecule has 33 heavy (non-hydrogen) atoms. The first-order valence-corrected chi connectivity index (χ1v) is 11.5. The van der Waals surface area contributed by atoms with Crippen molar-refractivity contribution in [1.82, 2.24) is 8.87 Å². The second-order valence-corrected chi connectivity index (χ2v) is 9.83. The molecule has 3 aromatic rings. The Kier molecular flexibility index (Phi) is 5.83. The third kappa shape index (κ3) is 4.67. The minimum Gasteiger partial charge on any atom is -0.487 e. The molecular formula is C23H21F3N2O4S. The number of pyridine rings is 1. The van der Waals surface area contributed by atoms with Gasteiger partial charge in [-0.05, 0) is 48.4 Å². The molecule has 174 valence electrons. The van der Waals surface area contributed by atoms with Gasteiger partial charge >= 0.3 is 6.18 Å². The second-order valence-electron chi connectivity index (χ2n) is 7.89. The molecule has 0 atom stereocenters. The molecule has 2 aromatic carbocycles. The summed E-state index contributed by atoms with van der Waals surface area (Å²) in [6, 6.07) is 13.7. The molecule has 1 fully saturated rings. The number of sulfonamides is 1. The van der Waals surface area contributed by atoms with E-state index >= 15 is 0 Å². The molecule has 0 N–H and O–H groups in total. The molecule has 1 aromatic heterocycles. The van der Waals surface area contributed by atoms with Gasteiger partial charge in [-0.3, -0.25) is 4.79 Å². The number of ether oxygens (including phenoxy) is 1. The lowest BCUT2D eigenvalue weighted by Gasteiger charge is -2.37. The highest BCUT2D eigenvalue weighted by Crippen LogP contribution is 2.33. The molecule has 0 saturated carbocycles. The average molecular weight is 478 g/mol. The van der Waals surface area contributed by atoms with E-state index in [9.17, 15) is 26.4 Å². The summed E-state index contributed by atoms with van der Waals surface area (Å²) in [7, 11) is -2.12. The number of aromatic nitrogens is 1. The van der Waals surface area contributed by atoms with E-state index in [4.69, 9.17) is 4.74 Å². The maximum absolute atomic E-state index is 13.0. The van der Waals surface area contributed by atoms with Crippen molar-refractivity contribution in [2.24, 2.45) is 7.05 Å². The number of hydrogen-bond donors (Lipinski definition) is 0. The highest BCUT2D eigenvalue weighted by molar-refractivity contribution is 7.89. The van der Waals surface area contributed by atoms with Crippen LogP contribution in [0.15, 0.2) is 70.4 Å². The first-order chi connectivity index (χ1) is 15.4. The van der Waals surface area contributed by atoms with E-state index in [1.807, 2.05) is 0 Å². The molecule has 10 heteroatoms. The molecule has 0 aliphatic carbocycles. The Hall–Kier alpha value is -3.11. The Morgan fingerprint density at radius 1 is 0.970 bits per heavy atom. The van der Waals surface area contributed by atoms with Gasteiger partial charge < -0.3 is 9.30 Å². The molecule has 1 aliphatic heterocycles. The van der Waals surface area contributed by atoms with Crippen LogP contribution in [-0.4, -0.2) is 36.5 Å². The largest absolute Gasteiger partial charge is 0.487 e. The van der Waals surface area contributed by atoms with Crippen LogP contribution in [0.4, 0.5) is 13.2 Å². The second kappa shape index (κ2) is 8.35. The zero-order valence-corrected chi connectivity index (χ0v) is 18.7. The van der Waals surface area contributed by atoms with Gasteiger partial charge in [0, 0.05) is 18.8 Å². The standard InChI is InChI=1S/C23H21F3N2O4S/c1-15-10-19(12-22(29)27(15)2)32-20-13-28(14-20)33(30,31)21-8-6-16(7-9-21)17-4-3-5-18(11-17)23(24,25)26/h3-12,20H,13-14H2,1-2H3. The van der Waals surface area contributed by atoms with Gasteiger partial charge in [0.05, 0.1) is 23.5 Å². The third-order valence-corrected chi connectivity index (χ3v) is 7.45. The Morgan fingerprint density at radius 2 is 1.64 bits per heavy atom. The Balaban J connectivity index is 1.44. The van der Waals surface area contributed by atoms with Gasteiger partial charge in [0.25, 0.3) is 5.56 Å². The SMILES string of the molecule is Cc1cc(OC2CN(S(=O)(=O)c3ccc(-c4cccc(C(F)(F)F)c4)cc3)C2)cc(=O)n1C. The van der Waals surface area contributed by atoms with Crippen molar-refractivity contribution in [2.45, 2.75) is 24.1 Å². The van der Waals surface area contributed by atoms with E-state index in [0.717, 1.165) is 17.8 Å². The predicted octanol–water partition coefficient (Wildman–Crippen LogP) is 3.83. The van der Waals surface area contributed by atoms with Crippen LogP contribution in [0.3, 0.4) is 0 Å². The maximum atomic E-state index is 13.0. The lowest BCUT2D eigenvalue weighted by atomic mass is 10.0. The van der Waals surface area contributed by atoms with E-state index < -0.39 is 21.8 Å². The third-order valence-electron chi connectivity index (χ3n) is 5.61. The summed E-state index contributed by atoms with van der Waals surface area (Å²) < 4.78 is 73.1. The van der Waals surface area contributed by atoms with Crippen molar-refractivity contribution in [3.8, 4) is 16.9 Å². The van der Waals surface area contributed by atoms with Crippen LogP contribution < -0.4 is 10.3 Å². The highest BCUT2D eigenvalue weighted by atomic mass is 32.2. The molecular weight excluding hydrogens is 457 g/mol. The average Bonchev–Trinajstić information content (AvgIpc) is 2.73. The molecule has 0 bridgehead atoms. The van der Waals surface area contributed by atoms with Crippen molar-refractivity contribution in [3.05, 3.63) is 82.3 Å². The van der Waals surface area contributed by atoms with Crippen LogP contribution in [0.25, 0.3) is 11.1 Å². The number of rotatable bonds is 5. The lowest BCUT2D eigenvalue weighted by Crippen LogP contribution is -2.56. The Morgan fingerprint density at radius 3 is 2.24 bits per heavy atom. The monoisotopic (exact) mass is 478 g/mol. The first kappa shape index (κ1) is 23.1. The van der Waals surface area contributed by atoms with E-state index in [0.29, 0.717) is 16.9 Å². The molecule has 4 rings (SSSR count). The van der Waals surface area contributed by atoms with Crippen LogP contribution in [0.2, 0.25) is 0 Å². The summed E-state index contributed by atoms with van der Waals surface area (Å²) in [5.74, 6) is 0.392. The molecule has 0 unspecified atom stereocenters. The zero-order chi connectivity index (χ0) is 24.0. The van der Waals surface area contributed by atoms with Gasteiger partial charge in [0.2, 0.25) is 10.0 Å². The van der Waals surface area contributed by atoms with Crippen molar-refractivity contribution in [1.29, 1.82) is 0 Å². The summed E-state index contributed by atoms with van der Waals surface area (Å²) in [4.78, 5) is 11.9. The number of halogens is 3. The van der Waals surface area contributed by atoms with Crippen LogP contribution in [0.5, 0.6) is 5.75 Å². The number of benzene rings is 2. The molecule has 2 heterocycles. The fraction of sp³-hybridized carbons (Fsp3) is 0.261. The zero-order valence-electron chi connectivity index (χ0n) is 17.8. The summed E-state index contributed by atoms with van der Waals surface area (Å²) in [6.45, 7) is 2.03. The number of aryl methyl sites for hydroxylation is 1. The van der Waals surface area contributed by atoms with Crippen molar-refractivity contribution < 1.29 is 26.3 Å². The van der Waals surface area contributed by atoms with Crippen molar-refractivity contribution in [3.63, 3.8) is 0 Å². The fourth-order valence-corrected chi connectivity index (χ4v) is 5.02. The van der Waals surface area contributed by atoms with Crippen molar-refractivity contribution >= 4 is 10.0 Å². The number of alkyl halides is 3. The molecule has 0 radical (unpaired) electrons. The predicted molar refractivity (Wildman–Crippen MR) is 116 cm³/mol. The lowest BCUT2D eigenvalue weighted by molar-refractivity contribution is -0.137. The summed E-state index contributed by atoms with van der Waals surface area (Å²) >= 11 is 0. The number of nitrogens with zero attached hydrogens (tertiary/aromatic N) is 2. The number of hydrogen-bond acceptors (Lipinski definition) is 4. The summed E-state index contributed by atoms with van der Waals surface area (Å²) in [5, 5.41) is 0. The van der Waals surface area contributed by atoms with Crippen LogP contribution in [0, 0.1) is 6.92 Å². The molecule has 6 nitrogen and oxygen atoms in total. The van der Waals surface area contributed by atoms with Gasteiger partial charge in [0.1, 0.15) is 11.9 Å². The van der Waals surface area contributed by atoms with Crippen LogP contribution in [0.1, 0.15) is 11.3 Å². The van der Waals surface area contributed by atoms with E-state index in [-0.39, 0.29) is 29.6 Å². The minimum atomic E-state index is -4.46. The van der Waals surface area contributed by atoms with Crippen molar-refractivity contribution in [2.75, 3.05) is 13.1 Å². The Bertz CT molecular complexity index is 1340. The van der Waals surface area contributed by atoms with Gasteiger partial charge in [0.15, 0.2) is 0 Å². The quantitative estimate of drug-likeness (QED) is 0.559. The summed E-state index contributed by atoms with van der Waals surface area (Å²) in [6.07, 6.45) is -4.84.